The number of ether oxygens (including phenoxy) is 2. The van der Waals surface area contributed by atoms with Crippen LogP contribution in [0.2, 0.25) is 0 Å². The van der Waals surface area contributed by atoms with Gasteiger partial charge in [-0.05, 0) is 49.7 Å². The maximum Gasteiger partial charge on any atom is 0.329 e. The summed E-state index contributed by atoms with van der Waals surface area (Å²) in [6.07, 6.45) is 4.89. The smallest absolute Gasteiger partial charge is 0.329 e. The fourth-order valence-electron chi connectivity index (χ4n) is 7.00. The number of aliphatic carboxylic acids is 1. The third kappa shape index (κ3) is 8.35. The summed E-state index contributed by atoms with van der Waals surface area (Å²) in [5.41, 5.74) is -0.341. The van der Waals surface area contributed by atoms with Crippen LogP contribution in [0.3, 0.4) is 0 Å². The quantitative estimate of drug-likeness (QED) is 0.263. The molecule has 1 aromatic carbocycles. The molecule has 0 unspecified atom stereocenters. The van der Waals surface area contributed by atoms with Crippen molar-refractivity contribution in [2.24, 2.45) is 11.8 Å². The van der Waals surface area contributed by atoms with E-state index in [-0.39, 0.29) is 30.7 Å². The van der Waals surface area contributed by atoms with E-state index in [0.29, 0.717) is 31.8 Å². The molecule has 2 saturated carbocycles. The second-order valence-corrected chi connectivity index (χ2v) is 13.8. The van der Waals surface area contributed by atoms with Crippen molar-refractivity contribution in [3.8, 4) is 5.75 Å². The Morgan fingerprint density at radius 1 is 1.02 bits per heavy atom. The first-order chi connectivity index (χ1) is 22.5. The molecule has 2 aliphatic heterocycles. The second kappa shape index (κ2) is 14.9. The molecule has 0 spiro atoms. The van der Waals surface area contributed by atoms with Gasteiger partial charge >= 0.3 is 5.97 Å². The van der Waals surface area contributed by atoms with Crippen LogP contribution < -0.4 is 25.6 Å². The summed E-state index contributed by atoms with van der Waals surface area (Å²) >= 11 is 0. The Morgan fingerprint density at radius 3 is 2.34 bits per heavy atom. The molecule has 1 aromatic rings. The molecule has 13 nitrogen and oxygen atoms in total. The first-order valence-corrected chi connectivity index (χ1v) is 17.0. The number of likely N-dealkylation sites (tertiary alicyclic amines) is 1. The molecule has 4 aliphatic rings. The van der Waals surface area contributed by atoms with Gasteiger partial charge in [-0.2, -0.15) is 0 Å². The van der Waals surface area contributed by atoms with Crippen molar-refractivity contribution in [1.82, 2.24) is 20.9 Å². The number of carbonyl (C=O) groups excluding carboxylic acids is 4. The number of hydrogen-bond donors (Lipinski definition) is 4. The van der Waals surface area contributed by atoms with Crippen LogP contribution in [0.25, 0.3) is 0 Å². The van der Waals surface area contributed by atoms with Gasteiger partial charge in [0.2, 0.25) is 23.6 Å². The van der Waals surface area contributed by atoms with E-state index in [1.165, 1.54) is 11.8 Å². The standard InChI is InChI=1S/C34H49N5O8/c1-21(2)28(36-31(42)29(35-22(3)40)23-8-5-4-6-9-23)32(43)39-20-26(19-27(39)30(41)37-34(12-13-34)33(44)45)47-25-11-7-10-24(18-25)38-14-16-46-17-15-38/h7,10-11,18,21,23,26-29H,4-6,8-9,12-17,19-20H2,1-3H3,(H,35,40)(H,36,42)(H,37,41)(H,44,45)/t26-,27+,28+,29+/m1/s1. The van der Waals surface area contributed by atoms with Crippen LogP contribution in [0.15, 0.2) is 24.3 Å². The monoisotopic (exact) mass is 655 g/mol. The van der Waals surface area contributed by atoms with Crippen LogP contribution in [0.1, 0.15) is 72.1 Å². The molecule has 0 aromatic heterocycles. The van der Waals surface area contributed by atoms with Crippen LogP contribution >= 0.6 is 0 Å². The maximum absolute atomic E-state index is 14.3. The van der Waals surface area contributed by atoms with Crippen molar-refractivity contribution >= 4 is 35.3 Å². The highest BCUT2D eigenvalue weighted by Crippen LogP contribution is 2.37. The highest BCUT2D eigenvalue weighted by Gasteiger charge is 2.54. The van der Waals surface area contributed by atoms with Gasteiger partial charge in [0.1, 0.15) is 35.5 Å². The number of amides is 4. The number of rotatable bonds is 12. The molecule has 0 bridgehead atoms. The molecule has 47 heavy (non-hydrogen) atoms. The molecule has 2 aliphatic carbocycles. The van der Waals surface area contributed by atoms with Gasteiger partial charge in [0.05, 0.1) is 19.8 Å². The van der Waals surface area contributed by atoms with Gasteiger partial charge in [-0.15, -0.1) is 0 Å². The Bertz CT molecular complexity index is 1320. The van der Waals surface area contributed by atoms with Gasteiger partial charge in [0, 0.05) is 38.2 Å². The summed E-state index contributed by atoms with van der Waals surface area (Å²) in [6, 6.07) is 4.92. The summed E-state index contributed by atoms with van der Waals surface area (Å²) in [4.78, 5) is 69.2. The fraction of sp³-hybridized carbons (Fsp3) is 0.676. The Kier molecular flexibility index (Phi) is 10.9. The minimum Gasteiger partial charge on any atom is -0.488 e. The lowest BCUT2D eigenvalue weighted by molar-refractivity contribution is -0.146. The number of nitrogens with one attached hydrogen (secondary N) is 3. The summed E-state index contributed by atoms with van der Waals surface area (Å²) in [5, 5.41) is 18.1. The summed E-state index contributed by atoms with van der Waals surface area (Å²) in [5.74, 6) is -2.62. The highest BCUT2D eigenvalue weighted by molar-refractivity contribution is 5.96. The normalized spacial score (nSPS) is 23.8. The predicted molar refractivity (Wildman–Crippen MR) is 173 cm³/mol. The van der Waals surface area contributed by atoms with Crippen LogP contribution in [-0.4, -0.2) is 102 Å². The minimum absolute atomic E-state index is 0.0300. The topological polar surface area (TPSA) is 167 Å². The first kappa shape index (κ1) is 34.5. The SMILES string of the molecule is CC(=O)N[C@H](C(=O)N[C@H](C(=O)N1C[C@H](Oc2cccc(N3CCOCC3)c2)C[C@H]1C(=O)NC1(C(=O)O)CC1)C(C)C)C1CCCCC1. The molecule has 258 valence electrons. The number of anilines is 1. The molecule has 4 N–H and O–H groups in total. The molecular formula is C34H49N5O8. The van der Waals surface area contributed by atoms with Crippen LogP contribution in [0.5, 0.6) is 5.75 Å². The number of carboxylic acid groups (broad SMARTS) is 1. The van der Waals surface area contributed by atoms with Crippen LogP contribution in [0.4, 0.5) is 5.69 Å². The lowest BCUT2D eigenvalue weighted by atomic mass is 9.83. The lowest BCUT2D eigenvalue weighted by Crippen LogP contribution is -2.60. The van der Waals surface area contributed by atoms with Crippen LogP contribution in [0, 0.1) is 11.8 Å². The molecule has 4 amide bonds. The number of carbonyl (C=O) groups is 5. The van der Waals surface area contributed by atoms with Crippen molar-refractivity contribution in [3.63, 3.8) is 0 Å². The Morgan fingerprint density at radius 2 is 1.72 bits per heavy atom. The highest BCUT2D eigenvalue weighted by atomic mass is 16.5. The molecule has 13 heteroatoms. The zero-order chi connectivity index (χ0) is 33.7. The number of nitrogens with zero attached hydrogens (tertiary/aromatic N) is 2. The molecule has 2 saturated heterocycles. The summed E-state index contributed by atoms with van der Waals surface area (Å²) in [7, 11) is 0. The average molecular weight is 656 g/mol. The van der Waals surface area contributed by atoms with Crippen molar-refractivity contribution < 1.29 is 38.6 Å². The van der Waals surface area contributed by atoms with E-state index in [1.54, 1.807) is 0 Å². The number of hydrogen-bond acceptors (Lipinski definition) is 8. The zero-order valence-corrected chi connectivity index (χ0v) is 27.7. The largest absolute Gasteiger partial charge is 0.488 e. The number of benzene rings is 1. The van der Waals surface area contributed by atoms with E-state index in [0.717, 1.165) is 50.9 Å². The Labute approximate surface area is 276 Å². The predicted octanol–water partition coefficient (Wildman–Crippen LogP) is 1.83. The first-order valence-electron chi connectivity index (χ1n) is 17.0. The average Bonchev–Trinajstić information content (AvgIpc) is 3.73. The summed E-state index contributed by atoms with van der Waals surface area (Å²) in [6.45, 7) is 7.88. The van der Waals surface area contributed by atoms with E-state index in [4.69, 9.17) is 9.47 Å². The van der Waals surface area contributed by atoms with Gasteiger partial charge in [-0.25, -0.2) is 4.79 Å². The fourth-order valence-corrected chi connectivity index (χ4v) is 7.00. The molecule has 2 heterocycles. The van der Waals surface area contributed by atoms with Gasteiger partial charge in [0.15, 0.2) is 0 Å². The van der Waals surface area contributed by atoms with Crippen molar-refractivity contribution in [2.45, 2.75) is 102 Å². The maximum atomic E-state index is 14.3. The van der Waals surface area contributed by atoms with E-state index < -0.39 is 53.5 Å². The van der Waals surface area contributed by atoms with E-state index in [2.05, 4.69) is 20.9 Å². The third-order valence-corrected chi connectivity index (χ3v) is 9.86. The molecule has 4 atom stereocenters. The Balaban J connectivity index is 1.35. The van der Waals surface area contributed by atoms with Gasteiger partial charge in [-0.3, -0.25) is 19.2 Å². The van der Waals surface area contributed by atoms with Gasteiger partial charge in [-0.1, -0.05) is 39.2 Å². The number of morpholine rings is 1. The van der Waals surface area contributed by atoms with Crippen molar-refractivity contribution in [1.29, 1.82) is 0 Å². The van der Waals surface area contributed by atoms with E-state index in [1.807, 2.05) is 38.1 Å². The molecule has 0 radical (unpaired) electrons. The number of carboxylic acids is 1. The van der Waals surface area contributed by atoms with Gasteiger partial charge < -0.3 is 40.3 Å². The molecule has 4 fully saturated rings. The van der Waals surface area contributed by atoms with Crippen molar-refractivity contribution in [2.75, 3.05) is 37.7 Å². The summed E-state index contributed by atoms with van der Waals surface area (Å²) < 4.78 is 11.8. The van der Waals surface area contributed by atoms with Crippen molar-refractivity contribution in [3.05, 3.63) is 24.3 Å². The van der Waals surface area contributed by atoms with E-state index in [9.17, 15) is 29.1 Å². The third-order valence-electron chi connectivity index (χ3n) is 9.86. The Hall–Kier alpha value is -3.87. The lowest BCUT2D eigenvalue weighted by Gasteiger charge is -2.34. The zero-order valence-electron chi connectivity index (χ0n) is 27.7. The van der Waals surface area contributed by atoms with Gasteiger partial charge in [0.25, 0.3) is 0 Å². The minimum atomic E-state index is -1.32. The molecule has 5 rings (SSSR count). The molecular weight excluding hydrogens is 606 g/mol. The second-order valence-electron chi connectivity index (χ2n) is 13.8. The van der Waals surface area contributed by atoms with E-state index >= 15 is 0 Å². The van der Waals surface area contributed by atoms with Crippen LogP contribution in [-0.2, 0) is 28.7 Å².